The molecule has 0 radical (unpaired) electrons. The highest BCUT2D eigenvalue weighted by Crippen LogP contribution is 2.41. The maximum atomic E-state index is 10.3. The fraction of sp³-hybridized carbons (Fsp3) is 0. The minimum absolute atomic E-state index is 0.346. The first kappa shape index (κ1) is 6.10. The predicted octanol–water partition coefficient (Wildman–Crippen LogP) is 2.43. The van der Waals surface area contributed by atoms with Crippen molar-refractivity contribution in [3.05, 3.63) is 22.4 Å². The topological polar surface area (TPSA) is 17.1 Å². The third-order valence-electron chi connectivity index (χ3n) is 1.33. The van der Waals surface area contributed by atoms with Gasteiger partial charge in [-0.15, -0.1) is 11.3 Å². The van der Waals surface area contributed by atoms with E-state index in [4.69, 9.17) is 0 Å². The van der Waals surface area contributed by atoms with E-state index in [1.165, 1.54) is 5.56 Å². The van der Waals surface area contributed by atoms with Crippen LogP contribution in [-0.2, 0) is 4.79 Å². The van der Waals surface area contributed by atoms with Crippen LogP contribution < -0.4 is 0 Å². The average molecular weight is 168 g/mol. The Morgan fingerprint density at radius 1 is 1.60 bits per heavy atom. The van der Waals surface area contributed by atoms with Crippen LogP contribution in [0.15, 0.2) is 21.1 Å². The Morgan fingerprint density at radius 3 is 3.30 bits per heavy atom. The standard InChI is InChI=1S/C7H4OS2/c8-5-10-4-2-6-1-3-9-7(6)10/h1-4H. The van der Waals surface area contributed by atoms with Gasteiger partial charge >= 0.3 is 0 Å². The maximum absolute atomic E-state index is 10.3. The van der Waals surface area contributed by atoms with Crippen LogP contribution >= 0.6 is 21.8 Å². The molecule has 0 aliphatic carbocycles. The largest absolute Gasteiger partial charge is 0.226 e. The van der Waals surface area contributed by atoms with Crippen molar-refractivity contribution in [2.75, 3.05) is 0 Å². The molecule has 1 aliphatic heterocycles. The lowest BCUT2D eigenvalue weighted by molar-refractivity contribution is 0.572. The molecule has 0 fully saturated rings. The van der Waals surface area contributed by atoms with Gasteiger partial charge in [-0.25, -0.2) is 4.79 Å². The second kappa shape index (κ2) is 2.20. The van der Waals surface area contributed by atoms with Gasteiger partial charge in [0, 0.05) is 0 Å². The van der Waals surface area contributed by atoms with Gasteiger partial charge in [0.2, 0.25) is 0 Å². The number of hydrogen-bond acceptors (Lipinski definition) is 2. The normalized spacial score (nSPS) is 20.6. The molecule has 1 unspecified atom stereocenters. The summed E-state index contributed by atoms with van der Waals surface area (Å²) in [4.78, 5) is 10.3. The second-order valence-corrected chi connectivity index (χ2v) is 4.58. The molecule has 1 aliphatic rings. The summed E-state index contributed by atoms with van der Waals surface area (Å²) < 4.78 is 1.16. The van der Waals surface area contributed by atoms with E-state index < -0.39 is 0 Å². The van der Waals surface area contributed by atoms with E-state index >= 15 is 0 Å². The molecule has 1 aromatic heterocycles. The Bertz CT molecular complexity index is 342. The Morgan fingerprint density at radius 2 is 2.50 bits per heavy atom. The van der Waals surface area contributed by atoms with Crippen LogP contribution in [0.5, 0.6) is 0 Å². The fourth-order valence-electron chi connectivity index (χ4n) is 0.876. The third-order valence-corrected chi connectivity index (χ3v) is 4.10. The van der Waals surface area contributed by atoms with Crippen molar-refractivity contribution in [1.82, 2.24) is 0 Å². The minimum Gasteiger partial charge on any atom is -0.226 e. The molecule has 0 aromatic carbocycles. The molecule has 0 saturated heterocycles. The Labute approximate surface area is 64.9 Å². The van der Waals surface area contributed by atoms with Gasteiger partial charge in [-0.2, -0.15) is 0 Å². The van der Waals surface area contributed by atoms with E-state index in [2.05, 4.69) is 0 Å². The summed E-state index contributed by atoms with van der Waals surface area (Å²) in [6.45, 7) is 0. The molecule has 0 amide bonds. The highest BCUT2D eigenvalue weighted by Gasteiger charge is 2.10. The van der Waals surface area contributed by atoms with Crippen molar-refractivity contribution in [3.63, 3.8) is 0 Å². The zero-order valence-corrected chi connectivity index (χ0v) is 6.67. The maximum Gasteiger partial charge on any atom is 0.165 e. The van der Waals surface area contributed by atoms with E-state index in [1.54, 1.807) is 11.3 Å². The van der Waals surface area contributed by atoms with Gasteiger partial charge in [-0.05, 0) is 39.0 Å². The van der Waals surface area contributed by atoms with Crippen LogP contribution in [0.3, 0.4) is 0 Å². The summed E-state index contributed by atoms with van der Waals surface area (Å²) in [5, 5.41) is 5.92. The van der Waals surface area contributed by atoms with Crippen molar-refractivity contribution >= 4 is 33.1 Å². The Hall–Kier alpha value is -0.630. The van der Waals surface area contributed by atoms with E-state index in [9.17, 15) is 4.79 Å². The highest BCUT2D eigenvalue weighted by molar-refractivity contribution is 8.18. The zero-order valence-electron chi connectivity index (χ0n) is 5.03. The number of fused-ring (bicyclic) bond motifs is 1. The van der Waals surface area contributed by atoms with Crippen LogP contribution in [0.4, 0.5) is 0 Å². The first-order valence-corrected chi connectivity index (χ1v) is 4.95. The summed E-state index contributed by atoms with van der Waals surface area (Å²) in [6.07, 6.45) is 1.99. The van der Waals surface area contributed by atoms with Crippen molar-refractivity contribution in [2.45, 2.75) is 4.21 Å². The third kappa shape index (κ3) is 0.721. The fourth-order valence-corrected chi connectivity index (χ4v) is 3.26. The molecule has 0 N–H and O–H groups in total. The lowest BCUT2D eigenvalue weighted by Crippen LogP contribution is -1.58. The van der Waals surface area contributed by atoms with Crippen molar-refractivity contribution in [2.24, 2.45) is 0 Å². The van der Waals surface area contributed by atoms with Gasteiger partial charge in [0.05, 0.1) is 4.21 Å². The molecule has 1 atom stereocenters. The molecule has 2 heterocycles. The second-order valence-electron chi connectivity index (χ2n) is 1.89. The molecule has 1 nitrogen and oxygen atoms in total. The number of hydrogen-bond donors (Lipinski definition) is 0. The number of carbonyl (C=O) groups excluding carboxylic acids is 1. The van der Waals surface area contributed by atoms with Crippen molar-refractivity contribution in [3.8, 4) is 0 Å². The summed E-state index contributed by atoms with van der Waals surface area (Å²) >= 11 is 1.63. The molecule has 3 heteroatoms. The van der Waals surface area contributed by atoms with Crippen LogP contribution in [0.2, 0.25) is 0 Å². The molecular formula is C7H4OS2. The molecule has 10 heavy (non-hydrogen) atoms. The Balaban J connectivity index is 2.74. The van der Waals surface area contributed by atoms with Crippen LogP contribution in [0, 0.1) is 0 Å². The van der Waals surface area contributed by atoms with Gasteiger partial charge in [0.15, 0.2) is 5.23 Å². The number of thiophene rings is 1. The van der Waals surface area contributed by atoms with Crippen LogP contribution in [0.1, 0.15) is 5.56 Å². The SMILES string of the molecule is O=C=S1C=Cc2ccsc21. The quantitative estimate of drug-likeness (QED) is 0.544. The summed E-state index contributed by atoms with van der Waals surface area (Å²) in [5.41, 5.74) is 1.19. The van der Waals surface area contributed by atoms with Crippen molar-refractivity contribution in [1.29, 1.82) is 0 Å². The van der Waals surface area contributed by atoms with E-state index in [1.807, 2.05) is 28.2 Å². The lowest BCUT2D eigenvalue weighted by atomic mass is 10.3. The molecule has 1 aromatic rings. The van der Waals surface area contributed by atoms with Crippen molar-refractivity contribution < 1.29 is 4.79 Å². The molecule has 50 valence electrons. The van der Waals surface area contributed by atoms with Gasteiger partial charge in [0.25, 0.3) is 0 Å². The lowest BCUT2D eigenvalue weighted by Gasteiger charge is -1.85. The zero-order chi connectivity index (χ0) is 6.97. The minimum atomic E-state index is -0.346. The van der Waals surface area contributed by atoms with E-state index in [0.29, 0.717) is 0 Å². The van der Waals surface area contributed by atoms with Gasteiger partial charge in [-0.1, -0.05) is 0 Å². The Kier molecular flexibility index (Phi) is 1.34. The van der Waals surface area contributed by atoms with E-state index in [-0.39, 0.29) is 10.5 Å². The molecule has 0 bridgehead atoms. The average Bonchev–Trinajstić information content (AvgIpc) is 2.44. The molecule has 2 rings (SSSR count). The first-order chi connectivity index (χ1) is 4.92. The van der Waals surface area contributed by atoms with E-state index in [0.717, 1.165) is 4.21 Å². The van der Waals surface area contributed by atoms with Crippen LogP contribution in [-0.4, -0.2) is 5.23 Å². The summed E-state index contributed by atoms with van der Waals surface area (Å²) in [5.74, 6) is 0. The van der Waals surface area contributed by atoms with Gasteiger partial charge in [-0.3, -0.25) is 0 Å². The van der Waals surface area contributed by atoms with Crippen LogP contribution in [0.25, 0.3) is 6.08 Å². The predicted molar refractivity (Wildman–Crippen MR) is 44.9 cm³/mol. The van der Waals surface area contributed by atoms with Gasteiger partial charge in [0.1, 0.15) is 0 Å². The monoisotopic (exact) mass is 168 g/mol. The van der Waals surface area contributed by atoms with Gasteiger partial charge < -0.3 is 0 Å². The smallest absolute Gasteiger partial charge is 0.165 e. The molecule has 0 saturated carbocycles. The highest BCUT2D eigenvalue weighted by atomic mass is 32.2. The first-order valence-electron chi connectivity index (χ1n) is 2.78. The molecular weight excluding hydrogens is 164 g/mol. The number of rotatable bonds is 0. The summed E-state index contributed by atoms with van der Waals surface area (Å²) in [7, 11) is -0.346. The summed E-state index contributed by atoms with van der Waals surface area (Å²) in [6, 6.07) is 2.03. The molecule has 0 spiro atoms.